The first-order valence-corrected chi connectivity index (χ1v) is 3.00. The predicted octanol–water partition coefficient (Wildman–Crippen LogP) is -0.0548. The number of nitrogens with zero attached hydrogens (tertiary/aromatic N) is 1. The van der Waals surface area contributed by atoms with Crippen LogP contribution in [-0.4, -0.2) is 11.7 Å². The van der Waals surface area contributed by atoms with Crippen molar-refractivity contribution < 1.29 is 4.79 Å². The van der Waals surface area contributed by atoms with Crippen molar-refractivity contribution >= 4 is 11.7 Å². The molecule has 0 bridgehead atoms. The van der Waals surface area contributed by atoms with Crippen LogP contribution >= 0.6 is 0 Å². The highest BCUT2D eigenvalue weighted by Gasteiger charge is 1.91. The Bertz CT molecular complexity index is 143. The van der Waals surface area contributed by atoms with E-state index >= 15 is 0 Å². The molecular formula is C5H12N4O. The van der Waals surface area contributed by atoms with Gasteiger partial charge in [0, 0.05) is 5.71 Å². The summed E-state index contributed by atoms with van der Waals surface area (Å²) in [6, 6.07) is -0.507. The fourth-order valence-electron chi connectivity index (χ4n) is 0.258. The first-order chi connectivity index (χ1) is 4.70. The van der Waals surface area contributed by atoms with Crippen LogP contribution in [0.4, 0.5) is 4.79 Å². The Balaban J connectivity index is 3.61. The molecule has 0 aliphatic rings. The Morgan fingerprint density at radius 2 is 2.30 bits per heavy atom. The zero-order valence-corrected chi connectivity index (χ0v) is 6.14. The molecule has 0 aromatic rings. The standard InChI is InChI=1S/C5H12N4O/c1-3-4(2)8-9-5(10)7-6/h3,6H2,1-2H3,(H2,7,9,10)/b8-4+. The summed E-state index contributed by atoms with van der Waals surface area (Å²) >= 11 is 0. The van der Waals surface area contributed by atoms with Gasteiger partial charge in [-0.1, -0.05) is 6.92 Å². The number of rotatable bonds is 2. The minimum absolute atomic E-state index is 0.507. The van der Waals surface area contributed by atoms with E-state index in [0.29, 0.717) is 0 Å². The molecule has 0 spiro atoms. The van der Waals surface area contributed by atoms with Crippen LogP contribution in [0.15, 0.2) is 5.10 Å². The van der Waals surface area contributed by atoms with E-state index in [1.54, 1.807) is 0 Å². The monoisotopic (exact) mass is 144 g/mol. The quantitative estimate of drug-likeness (QED) is 0.220. The van der Waals surface area contributed by atoms with Crippen molar-refractivity contribution in [2.75, 3.05) is 0 Å². The van der Waals surface area contributed by atoms with Crippen LogP contribution in [0.2, 0.25) is 0 Å². The molecule has 0 saturated carbocycles. The van der Waals surface area contributed by atoms with Gasteiger partial charge in [0.05, 0.1) is 0 Å². The molecule has 0 aromatic carbocycles. The number of nitrogens with one attached hydrogen (secondary N) is 2. The first kappa shape index (κ1) is 8.90. The lowest BCUT2D eigenvalue weighted by atomic mass is 10.3. The maximum Gasteiger partial charge on any atom is 0.349 e. The highest BCUT2D eigenvalue weighted by atomic mass is 16.2. The van der Waals surface area contributed by atoms with Gasteiger partial charge in [-0.3, -0.25) is 5.43 Å². The number of amides is 2. The number of hydrazone groups is 1. The first-order valence-electron chi connectivity index (χ1n) is 3.00. The van der Waals surface area contributed by atoms with Crippen LogP contribution in [0, 0.1) is 0 Å². The summed E-state index contributed by atoms with van der Waals surface area (Å²) < 4.78 is 0. The summed E-state index contributed by atoms with van der Waals surface area (Å²) in [5, 5.41) is 3.69. The van der Waals surface area contributed by atoms with Crippen molar-refractivity contribution in [2.24, 2.45) is 10.9 Å². The van der Waals surface area contributed by atoms with Gasteiger partial charge in [-0.25, -0.2) is 16.1 Å². The van der Waals surface area contributed by atoms with Gasteiger partial charge >= 0.3 is 6.03 Å². The number of carbonyl (C=O) groups is 1. The third-order valence-electron chi connectivity index (χ3n) is 0.991. The van der Waals surface area contributed by atoms with Gasteiger partial charge in [0.2, 0.25) is 0 Å². The van der Waals surface area contributed by atoms with E-state index in [1.807, 2.05) is 19.3 Å². The van der Waals surface area contributed by atoms with Crippen molar-refractivity contribution in [3.8, 4) is 0 Å². The topological polar surface area (TPSA) is 79.5 Å². The number of nitrogens with two attached hydrogens (primary N) is 1. The van der Waals surface area contributed by atoms with Gasteiger partial charge in [-0.15, -0.1) is 0 Å². The molecule has 0 heterocycles. The smallest absolute Gasteiger partial charge is 0.274 e. The van der Waals surface area contributed by atoms with E-state index in [9.17, 15) is 4.79 Å². The second-order valence-corrected chi connectivity index (χ2v) is 1.79. The Morgan fingerprint density at radius 1 is 1.70 bits per heavy atom. The lowest BCUT2D eigenvalue weighted by Gasteiger charge is -1.97. The molecule has 5 nitrogen and oxygen atoms in total. The Morgan fingerprint density at radius 3 is 2.70 bits per heavy atom. The fraction of sp³-hybridized carbons (Fsp3) is 0.600. The zero-order chi connectivity index (χ0) is 7.98. The SMILES string of the molecule is CC/C(C)=N/NC(=O)NN. The van der Waals surface area contributed by atoms with Crippen molar-refractivity contribution in [3.63, 3.8) is 0 Å². The van der Waals surface area contributed by atoms with Crippen molar-refractivity contribution in [1.29, 1.82) is 0 Å². The zero-order valence-electron chi connectivity index (χ0n) is 6.14. The maximum atomic E-state index is 10.4. The third-order valence-corrected chi connectivity index (χ3v) is 0.991. The highest BCUT2D eigenvalue weighted by Crippen LogP contribution is 1.79. The summed E-state index contributed by atoms with van der Waals surface area (Å²) in [5.41, 5.74) is 4.93. The van der Waals surface area contributed by atoms with Gasteiger partial charge in [-0.2, -0.15) is 5.10 Å². The van der Waals surface area contributed by atoms with Gasteiger partial charge in [-0.05, 0) is 13.3 Å². The summed E-state index contributed by atoms with van der Waals surface area (Å²) in [6.07, 6.45) is 0.810. The second-order valence-electron chi connectivity index (χ2n) is 1.79. The molecule has 0 aliphatic heterocycles. The van der Waals surface area contributed by atoms with Crippen molar-refractivity contribution in [1.82, 2.24) is 10.9 Å². The van der Waals surface area contributed by atoms with E-state index < -0.39 is 6.03 Å². The predicted molar refractivity (Wildman–Crippen MR) is 39.3 cm³/mol. The normalized spacial score (nSPS) is 10.9. The van der Waals surface area contributed by atoms with E-state index in [1.165, 1.54) is 0 Å². The molecule has 4 N–H and O–H groups in total. The van der Waals surface area contributed by atoms with Crippen LogP contribution in [0.1, 0.15) is 20.3 Å². The van der Waals surface area contributed by atoms with Crippen molar-refractivity contribution in [3.05, 3.63) is 0 Å². The average molecular weight is 144 g/mol. The molecule has 0 saturated heterocycles. The molecule has 0 aliphatic carbocycles. The van der Waals surface area contributed by atoms with Gasteiger partial charge < -0.3 is 0 Å². The minimum atomic E-state index is -0.507. The minimum Gasteiger partial charge on any atom is -0.274 e. The lowest BCUT2D eigenvalue weighted by Crippen LogP contribution is -2.37. The fourth-order valence-corrected chi connectivity index (χ4v) is 0.258. The number of hydrogen-bond donors (Lipinski definition) is 3. The molecule has 0 rings (SSSR count). The summed E-state index contributed by atoms with van der Waals surface area (Å²) in [5.74, 6) is 4.77. The number of urea groups is 1. The molecule has 0 fully saturated rings. The maximum absolute atomic E-state index is 10.4. The molecule has 0 aromatic heterocycles. The molecule has 0 unspecified atom stereocenters. The number of hydrogen-bond acceptors (Lipinski definition) is 3. The van der Waals surface area contributed by atoms with E-state index in [0.717, 1.165) is 12.1 Å². The van der Waals surface area contributed by atoms with E-state index in [4.69, 9.17) is 5.84 Å². The van der Waals surface area contributed by atoms with Crippen LogP contribution in [0.25, 0.3) is 0 Å². The van der Waals surface area contributed by atoms with Crippen molar-refractivity contribution in [2.45, 2.75) is 20.3 Å². The van der Waals surface area contributed by atoms with Crippen LogP contribution in [-0.2, 0) is 0 Å². The summed E-state index contributed by atoms with van der Waals surface area (Å²) in [6.45, 7) is 3.76. The summed E-state index contributed by atoms with van der Waals surface area (Å²) in [7, 11) is 0. The van der Waals surface area contributed by atoms with Gasteiger partial charge in [0.15, 0.2) is 0 Å². The lowest BCUT2D eigenvalue weighted by molar-refractivity contribution is 0.241. The number of carbonyl (C=O) groups excluding carboxylic acids is 1. The Labute approximate surface area is 59.6 Å². The highest BCUT2D eigenvalue weighted by molar-refractivity contribution is 5.83. The van der Waals surface area contributed by atoms with E-state index in [-0.39, 0.29) is 0 Å². The molecule has 0 radical (unpaired) electrons. The van der Waals surface area contributed by atoms with Crippen LogP contribution in [0.5, 0.6) is 0 Å². The third kappa shape index (κ3) is 3.85. The van der Waals surface area contributed by atoms with Gasteiger partial charge in [0.1, 0.15) is 0 Å². The Kier molecular flexibility index (Phi) is 4.23. The Hall–Kier alpha value is -1.10. The molecule has 10 heavy (non-hydrogen) atoms. The van der Waals surface area contributed by atoms with Crippen LogP contribution < -0.4 is 16.7 Å². The van der Waals surface area contributed by atoms with E-state index in [2.05, 4.69) is 10.5 Å². The molecule has 58 valence electrons. The largest absolute Gasteiger partial charge is 0.349 e. The molecular weight excluding hydrogens is 132 g/mol. The second kappa shape index (κ2) is 4.75. The summed E-state index contributed by atoms with van der Waals surface area (Å²) in [4.78, 5) is 10.4. The number of hydrazine groups is 1. The molecule has 0 atom stereocenters. The average Bonchev–Trinajstić information content (AvgIpc) is 1.99. The van der Waals surface area contributed by atoms with Gasteiger partial charge in [0.25, 0.3) is 0 Å². The van der Waals surface area contributed by atoms with Crippen LogP contribution in [0.3, 0.4) is 0 Å². The molecule has 5 heteroatoms. The molecule has 2 amide bonds.